The van der Waals surface area contributed by atoms with Crippen molar-refractivity contribution in [1.29, 1.82) is 0 Å². The summed E-state index contributed by atoms with van der Waals surface area (Å²) in [6.45, 7) is 3.61. The molecule has 6 heteroatoms. The van der Waals surface area contributed by atoms with Gasteiger partial charge in [0.2, 0.25) is 0 Å². The molecular formula is C15H14ClN3O2. The van der Waals surface area contributed by atoms with Crippen LogP contribution in [-0.2, 0) is 9.59 Å². The molecule has 2 aromatic rings. The average Bonchev–Trinajstić information content (AvgIpc) is 2.45. The number of carbonyl (C=O) groups is 2. The number of hydrogen-bond donors (Lipinski definition) is 2. The third kappa shape index (κ3) is 3.79. The fraction of sp³-hybridized carbons (Fsp3) is 0.133. The minimum Gasteiger partial charge on any atom is -0.317 e. The Labute approximate surface area is 127 Å². The van der Waals surface area contributed by atoms with E-state index in [0.29, 0.717) is 16.5 Å². The molecule has 0 spiro atoms. The van der Waals surface area contributed by atoms with Crippen LogP contribution >= 0.6 is 11.6 Å². The van der Waals surface area contributed by atoms with Gasteiger partial charge in [0.05, 0.1) is 0 Å². The maximum absolute atomic E-state index is 11.9. The van der Waals surface area contributed by atoms with Crippen molar-refractivity contribution in [3.63, 3.8) is 0 Å². The molecule has 2 amide bonds. The summed E-state index contributed by atoms with van der Waals surface area (Å²) >= 11 is 5.87. The van der Waals surface area contributed by atoms with Crippen LogP contribution in [0.1, 0.15) is 11.1 Å². The highest BCUT2D eigenvalue weighted by Crippen LogP contribution is 2.20. The third-order valence-corrected chi connectivity index (χ3v) is 3.13. The number of benzene rings is 1. The van der Waals surface area contributed by atoms with Crippen LogP contribution in [0.5, 0.6) is 0 Å². The zero-order chi connectivity index (χ0) is 15.4. The smallest absolute Gasteiger partial charge is 0.315 e. The molecule has 0 aliphatic carbocycles. The number of aryl methyl sites for hydroxylation is 2. The van der Waals surface area contributed by atoms with Crippen LogP contribution < -0.4 is 10.6 Å². The normalized spacial score (nSPS) is 10.0. The number of rotatable bonds is 2. The Morgan fingerprint density at radius 3 is 2.48 bits per heavy atom. The lowest BCUT2D eigenvalue weighted by Gasteiger charge is -2.09. The summed E-state index contributed by atoms with van der Waals surface area (Å²) in [6, 6.07) is 8.61. The van der Waals surface area contributed by atoms with E-state index in [1.54, 1.807) is 43.5 Å². The van der Waals surface area contributed by atoms with Crippen molar-refractivity contribution in [2.75, 3.05) is 10.6 Å². The number of amides is 2. The first-order valence-electron chi connectivity index (χ1n) is 6.27. The lowest BCUT2D eigenvalue weighted by molar-refractivity contribution is -0.133. The van der Waals surface area contributed by atoms with Gasteiger partial charge in [-0.15, -0.1) is 0 Å². The van der Waals surface area contributed by atoms with Crippen LogP contribution in [0.25, 0.3) is 0 Å². The van der Waals surface area contributed by atoms with Crippen molar-refractivity contribution in [2.45, 2.75) is 13.8 Å². The molecule has 0 atom stereocenters. The molecule has 0 unspecified atom stereocenters. The number of anilines is 2. The van der Waals surface area contributed by atoms with Gasteiger partial charge in [0, 0.05) is 16.9 Å². The SMILES string of the molecule is Cc1ccc(Cl)cc1NC(=O)C(=O)Nc1ncccc1C. The number of nitrogens with zero attached hydrogens (tertiary/aromatic N) is 1. The van der Waals surface area contributed by atoms with Gasteiger partial charge in [-0.25, -0.2) is 4.98 Å². The number of pyridine rings is 1. The number of nitrogens with one attached hydrogen (secondary N) is 2. The van der Waals surface area contributed by atoms with E-state index < -0.39 is 11.8 Å². The Bertz CT molecular complexity index is 701. The maximum Gasteiger partial charge on any atom is 0.315 e. The average molecular weight is 304 g/mol. The van der Waals surface area contributed by atoms with E-state index in [1.165, 1.54) is 0 Å². The Morgan fingerprint density at radius 1 is 1.05 bits per heavy atom. The molecule has 1 aromatic heterocycles. The minimum absolute atomic E-state index is 0.362. The number of halogens is 1. The molecule has 0 bridgehead atoms. The fourth-order valence-corrected chi connectivity index (χ4v) is 1.86. The predicted molar refractivity (Wildman–Crippen MR) is 82.4 cm³/mol. The second-order valence-electron chi connectivity index (χ2n) is 4.54. The van der Waals surface area contributed by atoms with Gasteiger partial charge < -0.3 is 10.6 Å². The standard InChI is InChI=1S/C15H14ClN3O2/c1-9-5-6-11(16)8-12(9)18-14(20)15(21)19-13-10(2)4-3-7-17-13/h3-8H,1-2H3,(H,18,20)(H,17,19,21). The quantitative estimate of drug-likeness (QED) is 0.838. The van der Waals surface area contributed by atoms with Crippen LogP contribution in [0.4, 0.5) is 11.5 Å². The van der Waals surface area contributed by atoms with Crippen LogP contribution in [0, 0.1) is 13.8 Å². The molecule has 21 heavy (non-hydrogen) atoms. The summed E-state index contributed by atoms with van der Waals surface area (Å²) in [5.41, 5.74) is 2.09. The molecule has 0 saturated carbocycles. The molecule has 2 N–H and O–H groups in total. The van der Waals surface area contributed by atoms with Crippen LogP contribution in [0.2, 0.25) is 5.02 Å². The highest BCUT2D eigenvalue weighted by atomic mass is 35.5. The van der Waals surface area contributed by atoms with E-state index in [-0.39, 0.29) is 0 Å². The second kappa shape index (κ2) is 6.37. The Kier molecular flexibility index (Phi) is 4.55. The van der Waals surface area contributed by atoms with E-state index in [4.69, 9.17) is 11.6 Å². The summed E-state index contributed by atoms with van der Waals surface area (Å²) in [5.74, 6) is -1.19. The maximum atomic E-state index is 11.9. The van der Waals surface area contributed by atoms with Gasteiger partial charge in [-0.2, -0.15) is 0 Å². The molecule has 0 aliphatic rings. The molecule has 0 fully saturated rings. The van der Waals surface area contributed by atoms with Crippen molar-refractivity contribution in [3.05, 3.63) is 52.7 Å². The van der Waals surface area contributed by atoms with E-state index in [1.807, 2.05) is 6.92 Å². The van der Waals surface area contributed by atoms with E-state index >= 15 is 0 Å². The highest BCUT2D eigenvalue weighted by Gasteiger charge is 2.16. The molecule has 1 aromatic carbocycles. The van der Waals surface area contributed by atoms with Crippen LogP contribution in [0.3, 0.4) is 0 Å². The van der Waals surface area contributed by atoms with Crippen molar-refractivity contribution >= 4 is 34.9 Å². The number of aromatic nitrogens is 1. The van der Waals surface area contributed by atoms with E-state index in [2.05, 4.69) is 15.6 Å². The van der Waals surface area contributed by atoms with Crippen molar-refractivity contribution in [3.8, 4) is 0 Å². The first kappa shape index (κ1) is 15.0. The monoisotopic (exact) mass is 303 g/mol. The van der Waals surface area contributed by atoms with E-state index in [9.17, 15) is 9.59 Å². The van der Waals surface area contributed by atoms with Crippen molar-refractivity contribution in [2.24, 2.45) is 0 Å². The van der Waals surface area contributed by atoms with Crippen LogP contribution in [-0.4, -0.2) is 16.8 Å². The van der Waals surface area contributed by atoms with Gasteiger partial charge in [-0.1, -0.05) is 23.7 Å². The zero-order valence-electron chi connectivity index (χ0n) is 11.6. The molecule has 108 valence electrons. The first-order valence-corrected chi connectivity index (χ1v) is 6.65. The van der Waals surface area contributed by atoms with Gasteiger partial charge >= 0.3 is 11.8 Å². The van der Waals surface area contributed by atoms with Gasteiger partial charge in [-0.05, 0) is 43.2 Å². The summed E-state index contributed by atoms with van der Waals surface area (Å²) in [5, 5.41) is 5.48. The molecular weight excluding hydrogens is 290 g/mol. The molecule has 2 rings (SSSR count). The fourth-order valence-electron chi connectivity index (χ4n) is 1.69. The van der Waals surface area contributed by atoms with Crippen molar-refractivity contribution < 1.29 is 9.59 Å². The molecule has 1 heterocycles. The molecule has 0 aliphatic heterocycles. The second-order valence-corrected chi connectivity index (χ2v) is 4.97. The van der Waals surface area contributed by atoms with Gasteiger partial charge in [0.25, 0.3) is 0 Å². The summed E-state index contributed by atoms with van der Waals surface area (Å²) in [7, 11) is 0. The topological polar surface area (TPSA) is 71.1 Å². The molecule has 0 saturated heterocycles. The summed E-state index contributed by atoms with van der Waals surface area (Å²) in [4.78, 5) is 27.8. The lowest BCUT2D eigenvalue weighted by atomic mass is 10.2. The third-order valence-electron chi connectivity index (χ3n) is 2.90. The Balaban J connectivity index is 2.08. The lowest BCUT2D eigenvalue weighted by Crippen LogP contribution is -2.30. The van der Waals surface area contributed by atoms with Crippen molar-refractivity contribution in [1.82, 2.24) is 4.98 Å². The summed E-state index contributed by atoms with van der Waals surface area (Å²) in [6.07, 6.45) is 1.54. The summed E-state index contributed by atoms with van der Waals surface area (Å²) < 4.78 is 0. The Hall–Kier alpha value is -2.40. The Morgan fingerprint density at radius 2 is 1.76 bits per heavy atom. The van der Waals surface area contributed by atoms with Crippen LogP contribution in [0.15, 0.2) is 36.5 Å². The number of hydrogen-bond acceptors (Lipinski definition) is 3. The molecule has 5 nitrogen and oxygen atoms in total. The zero-order valence-corrected chi connectivity index (χ0v) is 12.4. The minimum atomic E-state index is -0.781. The van der Waals surface area contributed by atoms with Gasteiger partial charge in [-0.3, -0.25) is 9.59 Å². The predicted octanol–water partition coefficient (Wildman–Crippen LogP) is 2.93. The molecule has 0 radical (unpaired) electrons. The number of carbonyl (C=O) groups excluding carboxylic acids is 2. The van der Waals surface area contributed by atoms with Gasteiger partial charge in [0.15, 0.2) is 0 Å². The largest absolute Gasteiger partial charge is 0.317 e. The first-order chi connectivity index (χ1) is 9.97. The van der Waals surface area contributed by atoms with Gasteiger partial charge in [0.1, 0.15) is 5.82 Å². The van der Waals surface area contributed by atoms with E-state index in [0.717, 1.165) is 11.1 Å². The highest BCUT2D eigenvalue weighted by molar-refractivity contribution is 6.43.